The van der Waals surface area contributed by atoms with Crippen molar-refractivity contribution in [2.45, 2.75) is 56.0 Å². The Hall–Kier alpha value is -7.49. The predicted molar refractivity (Wildman–Crippen MR) is 227 cm³/mol. The molecule has 0 fully saturated rings. The van der Waals surface area contributed by atoms with Crippen LogP contribution in [0, 0.1) is 5.82 Å². The third-order valence-electron chi connectivity index (χ3n) is 11.5. The van der Waals surface area contributed by atoms with Crippen molar-refractivity contribution < 1.29 is 119 Å². The summed E-state index contributed by atoms with van der Waals surface area (Å²) in [6, 6.07) is 7.50. The molecular formula is C49H26BF25N2O. The minimum atomic E-state index is -6.13. The molecule has 1 aromatic heterocycles. The van der Waals surface area contributed by atoms with Gasteiger partial charge in [-0.3, -0.25) is 0 Å². The van der Waals surface area contributed by atoms with Crippen molar-refractivity contribution in [1.82, 2.24) is 4.98 Å². The summed E-state index contributed by atoms with van der Waals surface area (Å²) in [5.41, 5.74) is -29.1. The summed E-state index contributed by atoms with van der Waals surface area (Å²) in [5, 5.41) is 0. The minimum absolute atomic E-state index is 0.187. The van der Waals surface area contributed by atoms with Crippen LogP contribution in [0.2, 0.25) is 0 Å². The molecule has 0 N–H and O–H groups in total. The number of para-hydroxylation sites is 1. The Morgan fingerprint density at radius 1 is 0.372 bits per heavy atom. The SMILES string of the molecule is FC(F)(F)c1cc([B-](c2cc(C(F)(F)F)cc(C(F)(F)F)c2)(c2cc(C(F)(F)F)cc(C(F)(F)F)c2)c2cc(C(F)(F)F)cc(C(F)(F)F)c2)cc(C(F)(F)F)c1.Fc1ccccc1Oc1cncc[n+]1Cc1ccccc1. The number of nitrogens with zero attached hydrogens (tertiary/aromatic N) is 2. The molecule has 0 atom stereocenters. The number of alkyl halides is 24. The van der Waals surface area contributed by atoms with Crippen LogP contribution in [-0.2, 0) is 56.0 Å². The molecule has 0 aliphatic rings. The second-order valence-corrected chi connectivity index (χ2v) is 16.8. The number of rotatable bonds is 8. The van der Waals surface area contributed by atoms with Gasteiger partial charge in [0.25, 0.3) is 0 Å². The maximum atomic E-state index is 14.2. The number of benzene rings is 6. The highest BCUT2D eigenvalue weighted by molar-refractivity contribution is 7.20. The molecule has 7 rings (SSSR count). The van der Waals surface area contributed by atoms with E-state index >= 15 is 0 Å². The summed E-state index contributed by atoms with van der Waals surface area (Å²) < 4.78 is 362. The molecule has 0 bridgehead atoms. The van der Waals surface area contributed by atoms with Crippen LogP contribution in [0.3, 0.4) is 0 Å². The first kappa shape index (κ1) is 59.8. The maximum absolute atomic E-state index is 14.2. The van der Waals surface area contributed by atoms with Crippen LogP contribution in [0.5, 0.6) is 11.6 Å². The van der Waals surface area contributed by atoms with E-state index in [2.05, 4.69) is 4.98 Å². The molecule has 78 heavy (non-hydrogen) atoms. The second-order valence-electron chi connectivity index (χ2n) is 16.8. The molecule has 0 saturated carbocycles. The fourth-order valence-corrected chi connectivity index (χ4v) is 8.08. The van der Waals surface area contributed by atoms with Crippen LogP contribution in [0.1, 0.15) is 50.1 Å². The zero-order valence-electron chi connectivity index (χ0n) is 37.9. The maximum Gasteiger partial charge on any atom is 0.416 e. The molecule has 416 valence electrons. The van der Waals surface area contributed by atoms with Gasteiger partial charge >= 0.3 is 55.3 Å². The molecule has 0 spiro atoms. The summed E-state index contributed by atoms with van der Waals surface area (Å²) >= 11 is 0. The lowest BCUT2D eigenvalue weighted by atomic mass is 9.12. The van der Waals surface area contributed by atoms with Crippen molar-refractivity contribution in [2.24, 2.45) is 0 Å². The zero-order valence-corrected chi connectivity index (χ0v) is 37.9. The van der Waals surface area contributed by atoms with Crippen molar-refractivity contribution in [3.05, 3.63) is 202 Å². The number of aromatic nitrogens is 2. The normalized spacial score (nSPS) is 13.2. The van der Waals surface area contributed by atoms with Crippen LogP contribution in [0.25, 0.3) is 0 Å². The van der Waals surface area contributed by atoms with E-state index in [-0.39, 0.29) is 5.75 Å². The van der Waals surface area contributed by atoms with Gasteiger partial charge in [-0.2, -0.15) is 132 Å². The van der Waals surface area contributed by atoms with E-state index in [1.165, 1.54) is 6.07 Å². The predicted octanol–water partition coefficient (Wildman–Crippen LogP) is 14.6. The lowest BCUT2D eigenvalue weighted by molar-refractivity contribution is -0.692. The Kier molecular flexibility index (Phi) is 16.1. The minimum Gasteiger partial charge on any atom is -0.401 e. The molecule has 7 aromatic rings. The van der Waals surface area contributed by atoms with Gasteiger partial charge in [-0.15, -0.1) is 0 Å². The van der Waals surface area contributed by atoms with Crippen molar-refractivity contribution in [2.75, 3.05) is 0 Å². The molecular weight excluding hydrogens is 1120 g/mol. The van der Waals surface area contributed by atoms with Gasteiger partial charge in [0.1, 0.15) is 12.3 Å². The van der Waals surface area contributed by atoms with Crippen molar-refractivity contribution >= 4 is 28.0 Å². The van der Waals surface area contributed by atoms with E-state index in [4.69, 9.17) is 4.74 Å². The highest BCUT2D eigenvalue weighted by Gasteiger charge is 2.47. The van der Waals surface area contributed by atoms with E-state index in [9.17, 15) is 110 Å². The lowest BCUT2D eigenvalue weighted by Gasteiger charge is -2.46. The van der Waals surface area contributed by atoms with Crippen molar-refractivity contribution in [3.63, 3.8) is 0 Å². The Morgan fingerprint density at radius 2 is 0.654 bits per heavy atom. The van der Waals surface area contributed by atoms with Gasteiger partial charge in [-0.05, 0) is 36.4 Å². The average Bonchev–Trinajstić information content (AvgIpc) is 3.35. The molecule has 6 aromatic carbocycles. The Balaban J connectivity index is 0.000000387. The Labute approximate surface area is 421 Å². The largest absolute Gasteiger partial charge is 0.416 e. The Morgan fingerprint density at radius 3 is 0.936 bits per heavy atom. The van der Waals surface area contributed by atoms with Crippen molar-refractivity contribution in [3.8, 4) is 11.6 Å². The van der Waals surface area contributed by atoms with Crippen LogP contribution in [0.4, 0.5) is 110 Å². The summed E-state index contributed by atoms with van der Waals surface area (Å²) in [7, 11) is 0. The molecule has 1 heterocycles. The fourth-order valence-electron chi connectivity index (χ4n) is 8.08. The summed E-state index contributed by atoms with van der Waals surface area (Å²) in [6.07, 6.45) is -49.7. The zero-order chi connectivity index (χ0) is 58.4. The van der Waals surface area contributed by atoms with Gasteiger partial charge in [0, 0.05) is 5.56 Å². The molecule has 0 saturated heterocycles. The highest BCUT2D eigenvalue weighted by atomic mass is 19.4. The third kappa shape index (κ3) is 13.8. The van der Waals surface area contributed by atoms with Crippen LogP contribution >= 0.6 is 0 Å². The molecule has 0 radical (unpaired) electrons. The molecule has 0 amide bonds. The molecule has 29 heteroatoms. The number of hydrogen-bond acceptors (Lipinski definition) is 2. The monoisotopic (exact) mass is 1140 g/mol. The first-order valence-corrected chi connectivity index (χ1v) is 21.2. The quantitative estimate of drug-likeness (QED) is 0.0861. The molecule has 3 nitrogen and oxygen atoms in total. The third-order valence-corrected chi connectivity index (χ3v) is 11.5. The van der Waals surface area contributed by atoms with Crippen molar-refractivity contribution in [1.29, 1.82) is 0 Å². The van der Waals surface area contributed by atoms with E-state index in [0.717, 1.165) is 5.56 Å². The van der Waals surface area contributed by atoms with Gasteiger partial charge in [0.2, 0.25) is 0 Å². The second kappa shape index (κ2) is 21.0. The first-order valence-electron chi connectivity index (χ1n) is 21.2. The number of ether oxygens (including phenoxy) is 1. The number of halogens is 25. The number of hydrogen-bond donors (Lipinski definition) is 0. The summed E-state index contributed by atoms with van der Waals surface area (Å²) in [6.45, 7) is 0.632. The lowest BCUT2D eigenvalue weighted by Crippen LogP contribution is -2.75. The smallest absolute Gasteiger partial charge is 0.401 e. The van der Waals surface area contributed by atoms with Gasteiger partial charge in [0.05, 0.1) is 50.7 Å². The molecule has 0 aliphatic carbocycles. The first-order chi connectivity index (χ1) is 35.6. The standard InChI is InChI=1S/C32H12BF24.C17H14FN2O/c34-25(35,36)13-1-14(26(37,38)39)6-21(5-13)33(22-7-15(27(40,41)42)2-16(8-22)28(43,44)45,23-9-17(29(46,47)48)3-18(10-23)30(49,50)51)24-11-19(31(52,53)54)4-20(12-24)32(55,56)57;18-15-8-4-5-9-16(15)21-17-12-19-10-11-20(17)13-14-6-2-1-3-7-14/h1-12H;1-12H,13H2/q-1;+1. The van der Waals surface area contributed by atoms with E-state index < -0.39 is 201 Å². The summed E-state index contributed by atoms with van der Waals surface area (Å²) in [4.78, 5) is 4.04. The van der Waals surface area contributed by atoms with Crippen LogP contribution in [0.15, 0.2) is 146 Å². The molecule has 0 aliphatic heterocycles. The topological polar surface area (TPSA) is 26.0 Å². The van der Waals surface area contributed by atoms with E-state index in [1.807, 2.05) is 41.1 Å². The van der Waals surface area contributed by atoms with Gasteiger partial charge in [-0.25, -0.2) is 9.37 Å². The fraction of sp³-hybridized carbons (Fsp3) is 0.184. The Bertz CT molecular complexity index is 2820. The average molecular weight is 1140 g/mol. The molecule has 0 unspecified atom stereocenters. The van der Waals surface area contributed by atoms with Gasteiger partial charge < -0.3 is 4.74 Å². The van der Waals surface area contributed by atoms with E-state index in [0.29, 0.717) is 12.4 Å². The summed E-state index contributed by atoms with van der Waals surface area (Å²) in [5.74, 6) is 0.284. The highest BCUT2D eigenvalue weighted by Crippen LogP contribution is 2.41. The van der Waals surface area contributed by atoms with Gasteiger partial charge in [0.15, 0.2) is 24.3 Å². The van der Waals surface area contributed by atoms with Crippen LogP contribution in [-0.4, -0.2) is 11.1 Å². The van der Waals surface area contributed by atoms with E-state index in [1.54, 1.807) is 30.6 Å². The van der Waals surface area contributed by atoms with Crippen LogP contribution < -0.4 is 31.2 Å². The van der Waals surface area contributed by atoms with Gasteiger partial charge in [-0.1, -0.05) is 91.0 Å².